The minimum Gasteiger partial charge on any atom is -0.393 e. The molecule has 1 saturated heterocycles. The lowest BCUT2D eigenvalue weighted by molar-refractivity contribution is 0.0949. The Bertz CT molecular complexity index is 1320. The molecule has 0 atom stereocenters. The number of carbonyl (C=O) groups excluding carboxylic acids is 1. The number of amides is 1. The Labute approximate surface area is 191 Å². The van der Waals surface area contributed by atoms with E-state index in [0.717, 1.165) is 54.0 Å². The molecule has 172 valence electrons. The molecule has 1 aliphatic carbocycles. The van der Waals surface area contributed by atoms with Gasteiger partial charge in [0.2, 0.25) is 0 Å². The average Bonchev–Trinajstić information content (AvgIpc) is 3.37. The van der Waals surface area contributed by atoms with Gasteiger partial charge in [-0.05, 0) is 38.4 Å². The lowest BCUT2D eigenvalue weighted by Gasteiger charge is -2.37. The predicted octanol–water partition coefficient (Wildman–Crippen LogP) is 1.90. The minimum absolute atomic E-state index is 0.0648. The fraction of sp³-hybridized carbons (Fsp3) is 0.391. The van der Waals surface area contributed by atoms with Crippen LogP contribution in [0.15, 0.2) is 36.8 Å². The first kappa shape index (κ1) is 21.4. The maximum absolute atomic E-state index is 11.8. The van der Waals surface area contributed by atoms with E-state index in [2.05, 4.69) is 38.1 Å². The molecule has 6 rings (SSSR count). The van der Waals surface area contributed by atoms with Crippen molar-refractivity contribution in [3.8, 4) is 11.3 Å². The van der Waals surface area contributed by atoms with Crippen molar-refractivity contribution in [2.45, 2.75) is 31.4 Å². The number of carbonyl (C=O) groups is 1. The number of fused-ring (bicyclic) bond motifs is 2. The summed E-state index contributed by atoms with van der Waals surface area (Å²) in [7, 11) is 3.91. The second-order valence-corrected chi connectivity index (χ2v) is 8.72. The number of pyridine rings is 1. The smallest absolute Gasteiger partial charge is 0.254 e. The van der Waals surface area contributed by atoms with Crippen molar-refractivity contribution < 1.29 is 9.90 Å². The van der Waals surface area contributed by atoms with Gasteiger partial charge in [0.25, 0.3) is 5.91 Å². The Morgan fingerprint density at radius 2 is 2.03 bits per heavy atom. The first-order valence-electron chi connectivity index (χ1n) is 11.1. The van der Waals surface area contributed by atoms with Gasteiger partial charge >= 0.3 is 0 Å². The van der Waals surface area contributed by atoms with E-state index in [1.54, 1.807) is 11.6 Å². The van der Waals surface area contributed by atoms with E-state index in [4.69, 9.17) is 15.8 Å². The summed E-state index contributed by atoms with van der Waals surface area (Å²) in [5.74, 6) is 0.170. The molecule has 10 nitrogen and oxygen atoms in total. The first-order valence-corrected chi connectivity index (χ1v) is 11.1. The van der Waals surface area contributed by atoms with Crippen LogP contribution in [-0.2, 0) is 0 Å². The molecule has 10 heteroatoms. The van der Waals surface area contributed by atoms with Gasteiger partial charge in [-0.1, -0.05) is 0 Å². The predicted molar refractivity (Wildman–Crippen MR) is 126 cm³/mol. The van der Waals surface area contributed by atoms with Gasteiger partial charge in [0.05, 0.1) is 24.0 Å². The highest BCUT2D eigenvalue weighted by atomic mass is 16.3. The summed E-state index contributed by atoms with van der Waals surface area (Å²) >= 11 is 0. The van der Waals surface area contributed by atoms with Crippen molar-refractivity contribution in [3.63, 3.8) is 0 Å². The van der Waals surface area contributed by atoms with Crippen LogP contribution in [0.25, 0.3) is 27.9 Å². The summed E-state index contributed by atoms with van der Waals surface area (Å²) in [5.41, 5.74) is 8.87. The zero-order valence-electron chi connectivity index (χ0n) is 18.8. The van der Waals surface area contributed by atoms with Crippen LogP contribution < -0.4 is 11.1 Å². The van der Waals surface area contributed by atoms with Gasteiger partial charge in [0, 0.05) is 49.5 Å². The number of likely N-dealkylation sites (tertiary alicyclic amines) is 1. The van der Waals surface area contributed by atoms with E-state index in [9.17, 15) is 4.79 Å². The second-order valence-electron chi connectivity index (χ2n) is 8.72. The zero-order chi connectivity index (χ0) is 23.1. The van der Waals surface area contributed by atoms with Gasteiger partial charge in [-0.15, -0.1) is 0 Å². The van der Waals surface area contributed by atoms with Crippen molar-refractivity contribution in [2.75, 3.05) is 32.5 Å². The van der Waals surface area contributed by atoms with Crippen LogP contribution in [0.4, 0.5) is 5.82 Å². The summed E-state index contributed by atoms with van der Waals surface area (Å²) in [4.78, 5) is 23.4. The number of aliphatic hydroxyl groups is 1. The van der Waals surface area contributed by atoms with Crippen LogP contribution in [0.2, 0.25) is 0 Å². The number of nitrogens with one attached hydrogen (secondary N) is 1. The van der Waals surface area contributed by atoms with Gasteiger partial charge < -0.3 is 25.6 Å². The maximum Gasteiger partial charge on any atom is 0.254 e. The third-order valence-electron chi connectivity index (χ3n) is 6.37. The van der Waals surface area contributed by atoms with Crippen LogP contribution in [0.5, 0.6) is 0 Å². The summed E-state index contributed by atoms with van der Waals surface area (Å²) in [6.07, 6.45) is 8.75. The Hall–Kier alpha value is -3.50. The molecule has 0 unspecified atom stereocenters. The summed E-state index contributed by atoms with van der Waals surface area (Å²) in [6.45, 7) is 1.98. The molecule has 5 heterocycles. The number of nitrogens with zero attached hydrogens (tertiary/aromatic N) is 6. The molecule has 0 aromatic carbocycles. The highest BCUT2D eigenvalue weighted by molar-refractivity contribution is 6.00. The fourth-order valence-corrected chi connectivity index (χ4v) is 4.25. The average molecular weight is 449 g/mol. The fourth-order valence-electron chi connectivity index (χ4n) is 4.25. The normalized spacial score (nSPS) is 16.8. The molecule has 33 heavy (non-hydrogen) atoms. The third-order valence-corrected chi connectivity index (χ3v) is 6.37. The van der Waals surface area contributed by atoms with E-state index in [-0.39, 0.29) is 6.10 Å². The summed E-state index contributed by atoms with van der Waals surface area (Å²) < 4.78 is 3.81. The number of aromatic nitrogens is 5. The number of anilines is 1. The number of likely N-dealkylation sites (N-methyl/N-ethyl adjacent to an activating group) is 1. The van der Waals surface area contributed by atoms with Crippen LogP contribution in [-0.4, -0.2) is 73.4 Å². The molecule has 0 spiro atoms. The number of primary amides is 1. The van der Waals surface area contributed by atoms with E-state index in [0.29, 0.717) is 17.3 Å². The van der Waals surface area contributed by atoms with Gasteiger partial charge in [-0.2, -0.15) is 9.61 Å². The van der Waals surface area contributed by atoms with Crippen molar-refractivity contribution in [3.05, 3.63) is 42.4 Å². The molecular formula is C23H28N8O2. The summed E-state index contributed by atoms with van der Waals surface area (Å²) in [5, 5.41) is 16.8. The van der Waals surface area contributed by atoms with Crippen molar-refractivity contribution in [2.24, 2.45) is 5.73 Å². The lowest BCUT2D eigenvalue weighted by atomic mass is 9.97. The van der Waals surface area contributed by atoms with Gasteiger partial charge in [-0.3, -0.25) is 4.79 Å². The SMILES string of the molecule is CNc1cc(-c2cn(C3CN(C)C3)c3ncccc23)nc2c(C(N)=O)cnn12.OC1CCC1. The molecule has 4 N–H and O–H groups in total. The molecule has 0 radical (unpaired) electrons. The van der Waals surface area contributed by atoms with Gasteiger partial charge in [-0.25, -0.2) is 9.97 Å². The third kappa shape index (κ3) is 3.81. The number of rotatable bonds is 4. The standard InChI is InChI=1S/C19H20N8O.C4H8O/c1-21-16-6-15(24-19-13(17(20)28)7-23-27(16)19)14-10-26(11-8-25(2)9-11)18-12(14)4-3-5-22-18;5-4-2-1-3-4/h3-7,10-11,21H,8-9H2,1-2H3,(H2,20,28);4-5H,1-3H2. The Morgan fingerprint density at radius 1 is 1.27 bits per heavy atom. The molecule has 1 aliphatic heterocycles. The molecule has 1 amide bonds. The van der Waals surface area contributed by atoms with Crippen LogP contribution >= 0.6 is 0 Å². The molecule has 1 saturated carbocycles. The Balaban J connectivity index is 0.000000406. The monoisotopic (exact) mass is 448 g/mol. The molecule has 2 fully saturated rings. The largest absolute Gasteiger partial charge is 0.393 e. The van der Waals surface area contributed by atoms with E-state index in [1.807, 2.05) is 24.4 Å². The van der Waals surface area contributed by atoms with E-state index < -0.39 is 5.91 Å². The topological polar surface area (TPSA) is 127 Å². The second kappa shape index (κ2) is 8.45. The maximum atomic E-state index is 11.8. The zero-order valence-corrected chi connectivity index (χ0v) is 18.8. The number of nitrogens with two attached hydrogens (primary N) is 1. The molecule has 4 aromatic heterocycles. The molecule has 4 aromatic rings. The molecule has 2 aliphatic rings. The quantitative estimate of drug-likeness (QED) is 0.435. The van der Waals surface area contributed by atoms with Crippen molar-refractivity contribution >= 4 is 28.4 Å². The molecular weight excluding hydrogens is 420 g/mol. The minimum atomic E-state index is -0.552. The molecule has 0 bridgehead atoms. The number of hydrogen-bond acceptors (Lipinski definition) is 7. The lowest BCUT2D eigenvalue weighted by Crippen LogP contribution is -2.44. The van der Waals surface area contributed by atoms with Crippen LogP contribution in [0, 0.1) is 0 Å². The van der Waals surface area contributed by atoms with Crippen molar-refractivity contribution in [1.82, 2.24) is 29.0 Å². The van der Waals surface area contributed by atoms with Crippen LogP contribution in [0.1, 0.15) is 35.7 Å². The van der Waals surface area contributed by atoms with Crippen LogP contribution in [0.3, 0.4) is 0 Å². The highest BCUT2D eigenvalue weighted by Crippen LogP contribution is 2.34. The van der Waals surface area contributed by atoms with E-state index in [1.165, 1.54) is 12.6 Å². The Morgan fingerprint density at radius 3 is 2.64 bits per heavy atom. The number of aliphatic hydroxyl groups excluding tert-OH is 1. The van der Waals surface area contributed by atoms with E-state index >= 15 is 0 Å². The first-order chi connectivity index (χ1) is 16.0. The highest BCUT2D eigenvalue weighted by Gasteiger charge is 2.28. The summed E-state index contributed by atoms with van der Waals surface area (Å²) in [6, 6.07) is 6.28. The Kier molecular flexibility index (Phi) is 5.47. The van der Waals surface area contributed by atoms with Gasteiger partial charge in [0.1, 0.15) is 17.0 Å². The number of hydrogen-bond donors (Lipinski definition) is 3. The van der Waals surface area contributed by atoms with Gasteiger partial charge in [0.15, 0.2) is 5.65 Å². The van der Waals surface area contributed by atoms with Crippen molar-refractivity contribution in [1.29, 1.82) is 0 Å².